The molecule has 1 saturated heterocycles. The number of carbonyl (C=O) groups excluding carboxylic acids is 1. The summed E-state index contributed by atoms with van der Waals surface area (Å²) >= 11 is 0. The highest BCUT2D eigenvalue weighted by atomic mass is 16.2. The first-order valence-corrected chi connectivity index (χ1v) is 8.44. The normalized spacial score (nSPS) is 19.8. The molecule has 0 spiro atoms. The number of benzene rings is 1. The summed E-state index contributed by atoms with van der Waals surface area (Å²) in [4.78, 5) is 17.0. The topological polar surface area (TPSA) is 59.0 Å². The maximum Gasteiger partial charge on any atom is 0.270 e. The number of nitrogens with zero attached hydrogens (tertiary/aromatic N) is 2. The van der Waals surface area contributed by atoms with E-state index in [4.69, 9.17) is 0 Å². The van der Waals surface area contributed by atoms with E-state index >= 15 is 0 Å². The summed E-state index contributed by atoms with van der Waals surface area (Å²) in [6.45, 7) is 8.73. The fraction of sp³-hybridized carbons (Fsp3) is 0.474. The lowest BCUT2D eigenvalue weighted by Gasteiger charge is -2.46. The van der Waals surface area contributed by atoms with E-state index < -0.39 is 0 Å². The Morgan fingerprint density at radius 1 is 1.17 bits per heavy atom. The number of rotatable bonds is 3. The summed E-state index contributed by atoms with van der Waals surface area (Å²) in [5.74, 6) is -0.0742. The molecule has 0 bridgehead atoms. The maximum absolute atomic E-state index is 12.8. The molecule has 0 atom stereocenters. The minimum Gasteiger partial charge on any atom is -0.348 e. The molecule has 2 heterocycles. The van der Waals surface area contributed by atoms with Gasteiger partial charge in [0.05, 0.1) is 12.5 Å². The van der Waals surface area contributed by atoms with Crippen molar-refractivity contribution in [3.05, 3.63) is 48.5 Å². The van der Waals surface area contributed by atoms with Crippen LogP contribution in [0.4, 0.5) is 0 Å². The van der Waals surface area contributed by atoms with E-state index in [1.165, 1.54) is 0 Å². The SMILES string of the molecule is CC1(C)CC(NC(=O)c2cncn2-c2ccccc2)CC(C)(C)N1. The standard InChI is InChI=1S/C19H26N4O/c1-18(2)10-14(11-19(3,4)22-18)21-17(24)16-12-20-13-23(16)15-8-6-5-7-9-15/h5-9,12-14,22H,10-11H2,1-4H3,(H,21,24). The van der Waals surface area contributed by atoms with Gasteiger partial charge in [-0.1, -0.05) is 18.2 Å². The number of hydrogen-bond donors (Lipinski definition) is 2. The Bertz CT molecular complexity index is 702. The molecule has 2 aromatic rings. The number of aromatic nitrogens is 2. The summed E-state index contributed by atoms with van der Waals surface area (Å²) in [7, 11) is 0. The van der Waals surface area contributed by atoms with Crippen molar-refractivity contribution in [3.8, 4) is 5.69 Å². The number of imidazole rings is 1. The van der Waals surface area contributed by atoms with Gasteiger partial charge < -0.3 is 10.6 Å². The Morgan fingerprint density at radius 2 is 1.79 bits per heavy atom. The molecule has 128 valence electrons. The Hall–Kier alpha value is -2.14. The van der Waals surface area contributed by atoms with Crippen molar-refractivity contribution in [1.29, 1.82) is 0 Å². The second-order valence-corrected chi connectivity index (χ2v) is 7.96. The molecule has 2 N–H and O–H groups in total. The van der Waals surface area contributed by atoms with Crippen LogP contribution in [0.25, 0.3) is 5.69 Å². The lowest BCUT2D eigenvalue weighted by Crippen LogP contribution is -2.62. The highest BCUT2D eigenvalue weighted by Gasteiger charge is 2.38. The van der Waals surface area contributed by atoms with Crippen LogP contribution in [0.15, 0.2) is 42.9 Å². The van der Waals surface area contributed by atoms with Gasteiger partial charge in [-0.2, -0.15) is 0 Å². The van der Waals surface area contributed by atoms with Crippen LogP contribution < -0.4 is 10.6 Å². The van der Waals surface area contributed by atoms with Crippen molar-refractivity contribution >= 4 is 5.91 Å². The molecule has 24 heavy (non-hydrogen) atoms. The van der Waals surface area contributed by atoms with Gasteiger partial charge in [-0.05, 0) is 52.7 Å². The van der Waals surface area contributed by atoms with Gasteiger partial charge >= 0.3 is 0 Å². The molecule has 1 aromatic heterocycles. The predicted octanol–water partition coefficient (Wildman–Crippen LogP) is 2.91. The third-order valence-electron chi connectivity index (χ3n) is 4.43. The minimum atomic E-state index is -0.0742. The van der Waals surface area contributed by atoms with Crippen molar-refractivity contribution in [3.63, 3.8) is 0 Å². The van der Waals surface area contributed by atoms with Gasteiger partial charge in [-0.15, -0.1) is 0 Å². The molecule has 1 amide bonds. The number of piperidine rings is 1. The van der Waals surface area contributed by atoms with Gasteiger partial charge in [-0.3, -0.25) is 9.36 Å². The summed E-state index contributed by atoms with van der Waals surface area (Å²) in [6.07, 6.45) is 5.11. The van der Waals surface area contributed by atoms with E-state index in [0.29, 0.717) is 5.69 Å². The van der Waals surface area contributed by atoms with E-state index in [1.54, 1.807) is 12.5 Å². The van der Waals surface area contributed by atoms with Crippen molar-refractivity contribution in [2.45, 2.75) is 57.7 Å². The first-order valence-electron chi connectivity index (χ1n) is 8.44. The second kappa shape index (κ2) is 6.06. The van der Waals surface area contributed by atoms with Gasteiger partial charge in [0.1, 0.15) is 5.69 Å². The van der Waals surface area contributed by atoms with E-state index in [2.05, 4.69) is 43.3 Å². The summed E-state index contributed by atoms with van der Waals surface area (Å²) in [6, 6.07) is 9.94. The first-order chi connectivity index (χ1) is 11.3. The Kier molecular flexibility index (Phi) is 4.22. The number of amides is 1. The lowest BCUT2D eigenvalue weighted by atomic mass is 9.79. The van der Waals surface area contributed by atoms with Crippen LogP contribution >= 0.6 is 0 Å². The van der Waals surface area contributed by atoms with Gasteiger partial charge in [0, 0.05) is 22.8 Å². The highest BCUT2D eigenvalue weighted by Crippen LogP contribution is 2.28. The monoisotopic (exact) mass is 326 g/mol. The average Bonchev–Trinajstić information content (AvgIpc) is 2.94. The van der Waals surface area contributed by atoms with E-state index in [0.717, 1.165) is 18.5 Å². The molecule has 1 aliphatic heterocycles. The Morgan fingerprint density at radius 3 is 2.42 bits per heavy atom. The van der Waals surface area contributed by atoms with Crippen molar-refractivity contribution < 1.29 is 4.79 Å². The van der Waals surface area contributed by atoms with Crippen LogP contribution in [0, 0.1) is 0 Å². The molecule has 5 heteroatoms. The largest absolute Gasteiger partial charge is 0.348 e. The lowest BCUT2D eigenvalue weighted by molar-refractivity contribution is 0.0866. The second-order valence-electron chi connectivity index (χ2n) is 7.96. The van der Waals surface area contributed by atoms with Crippen LogP contribution in [0.2, 0.25) is 0 Å². The van der Waals surface area contributed by atoms with E-state index in [-0.39, 0.29) is 23.0 Å². The fourth-order valence-corrected chi connectivity index (χ4v) is 3.94. The molecule has 0 unspecified atom stereocenters. The molecule has 0 radical (unpaired) electrons. The zero-order chi connectivity index (χ0) is 17.4. The number of nitrogens with one attached hydrogen (secondary N) is 2. The fourth-order valence-electron chi connectivity index (χ4n) is 3.94. The molecule has 1 aliphatic rings. The molecule has 0 saturated carbocycles. The molecular formula is C19H26N4O. The molecule has 5 nitrogen and oxygen atoms in total. The quantitative estimate of drug-likeness (QED) is 0.912. The third kappa shape index (κ3) is 3.67. The first kappa shape index (κ1) is 16.7. The van der Waals surface area contributed by atoms with Gasteiger partial charge in [0.25, 0.3) is 5.91 Å². The average molecular weight is 326 g/mol. The summed E-state index contributed by atoms with van der Waals surface area (Å²) in [5.41, 5.74) is 1.50. The molecular weight excluding hydrogens is 300 g/mol. The third-order valence-corrected chi connectivity index (χ3v) is 4.43. The molecule has 0 aliphatic carbocycles. The molecule has 1 fully saturated rings. The van der Waals surface area contributed by atoms with Crippen LogP contribution in [-0.4, -0.2) is 32.6 Å². The van der Waals surface area contributed by atoms with Crippen LogP contribution in [-0.2, 0) is 0 Å². The van der Waals surface area contributed by atoms with Crippen molar-refractivity contribution in [2.75, 3.05) is 0 Å². The number of hydrogen-bond acceptors (Lipinski definition) is 3. The number of para-hydroxylation sites is 1. The predicted molar refractivity (Wildman–Crippen MR) is 95.3 cm³/mol. The number of carbonyl (C=O) groups is 1. The van der Waals surface area contributed by atoms with E-state index in [9.17, 15) is 4.79 Å². The minimum absolute atomic E-state index is 0.000624. The Labute approximate surface area is 143 Å². The summed E-state index contributed by atoms with van der Waals surface area (Å²) in [5, 5.41) is 6.84. The van der Waals surface area contributed by atoms with Crippen molar-refractivity contribution in [2.24, 2.45) is 0 Å². The molecule has 3 rings (SSSR count). The van der Waals surface area contributed by atoms with Crippen LogP contribution in [0.5, 0.6) is 0 Å². The maximum atomic E-state index is 12.8. The van der Waals surface area contributed by atoms with Crippen molar-refractivity contribution in [1.82, 2.24) is 20.2 Å². The van der Waals surface area contributed by atoms with E-state index in [1.807, 2.05) is 34.9 Å². The Balaban J connectivity index is 1.78. The zero-order valence-corrected chi connectivity index (χ0v) is 14.8. The smallest absolute Gasteiger partial charge is 0.270 e. The van der Waals surface area contributed by atoms with Gasteiger partial charge in [0.15, 0.2) is 0 Å². The summed E-state index contributed by atoms with van der Waals surface area (Å²) < 4.78 is 1.83. The van der Waals surface area contributed by atoms with Crippen LogP contribution in [0.3, 0.4) is 0 Å². The van der Waals surface area contributed by atoms with Gasteiger partial charge in [-0.25, -0.2) is 4.98 Å². The van der Waals surface area contributed by atoms with Gasteiger partial charge in [0.2, 0.25) is 0 Å². The zero-order valence-electron chi connectivity index (χ0n) is 14.8. The van der Waals surface area contributed by atoms with Crippen LogP contribution in [0.1, 0.15) is 51.0 Å². The molecule has 1 aromatic carbocycles. The highest BCUT2D eigenvalue weighted by molar-refractivity contribution is 5.93.